The molecule has 1 saturated carbocycles. The van der Waals surface area contributed by atoms with Crippen molar-refractivity contribution >= 4 is 17.0 Å². The standard InChI is InChI=1S/C30H28N4O3/c1-18-27(19(2)37-33-18)23-15-24-25(20-10-12-22(13-11-20)30(35)36)17-34(29(24)32-16-23)28(21-7-3-4-8-21)26-9-5-6-14-31-26/h5-6,9-17,21,28H,3-4,7-8H2,1-2H3,(H,35,36). The Morgan fingerprint density at radius 1 is 1.05 bits per heavy atom. The summed E-state index contributed by atoms with van der Waals surface area (Å²) in [5.41, 5.74) is 6.85. The lowest BCUT2D eigenvalue weighted by Crippen LogP contribution is -2.19. The van der Waals surface area contributed by atoms with Gasteiger partial charge in [-0.25, -0.2) is 9.78 Å². The molecule has 0 radical (unpaired) electrons. The van der Waals surface area contributed by atoms with Gasteiger partial charge in [-0.05, 0) is 68.5 Å². The molecule has 6 rings (SSSR count). The number of rotatable bonds is 6. The van der Waals surface area contributed by atoms with Crippen LogP contribution in [0.4, 0.5) is 0 Å². The summed E-state index contributed by atoms with van der Waals surface area (Å²) in [5.74, 6) is 0.285. The molecule has 1 N–H and O–H groups in total. The largest absolute Gasteiger partial charge is 0.478 e. The molecule has 37 heavy (non-hydrogen) atoms. The molecule has 1 fully saturated rings. The fourth-order valence-electron chi connectivity index (χ4n) is 5.83. The molecule has 1 aliphatic carbocycles. The average Bonchev–Trinajstić information content (AvgIpc) is 3.65. The molecule has 1 aliphatic rings. The zero-order valence-corrected chi connectivity index (χ0v) is 20.9. The molecule has 0 spiro atoms. The van der Waals surface area contributed by atoms with Crippen molar-refractivity contribution in [2.45, 2.75) is 45.6 Å². The van der Waals surface area contributed by atoms with Crippen molar-refractivity contribution in [3.63, 3.8) is 0 Å². The zero-order chi connectivity index (χ0) is 25.5. The second-order valence-electron chi connectivity index (χ2n) is 9.87. The minimum Gasteiger partial charge on any atom is -0.478 e. The first-order valence-corrected chi connectivity index (χ1v) is 12.7. The van der Waals surface area contributed by atoms with Crippen LogP contribution in [0.1, 0.15) is 59.2 Å². The number of benzene rings is 1. The van der Waals surface area contributed by atoms with Crippen LogP contribution >= 0.6 is 0 Å². The lowest BCUT2D eigenvalue weighted by atomic mass is 9.94. The topological polar surface area (TPSA) is 94.0 Å². The predicted octanol–water partition coefficient (Wildman–Crippen LogP) is 6.85. The molecule has 4 aromatic heterocycles. The van der Waals surface area contributed by atoms with Crippen LogP contribution in [0.2, 0.25) is 0 Å². The fourth-order valence-corrected chi connectivity index (χ4v) is 5.83. The van der Waals surface area contributed by atoms with Crippen molar-refractivity contribution < 1.29 is 14.4 Å². The predicted molar refractivity (Wildman–Crippen MR) is 141 cm³/mol. The summed E-state index contributed by atoms with van der Waals surface area (Å²) in [6.07, 6.45) is 10.7. The van der Waals surface area contributed by atoms with E-state index in [0.29, 0.717) is 5.92 Å². The Kier molecular flexibility index (Phi) is 5.83. The van der Waals surface area contributed by atoms with Gasteiger partial charge in [0.05, 0.1) is 23.0 Å². The van der Waals surface area contributed by atoms with Gasteiger partial charge in [-0.15, -0.1) is 0 Å². The van der Waals surface area contributed by atoms with E-state index >= 15 is 0 Å². The molecule has 0 bridgehead atoms. The normalized spacial score (nSPS) is 14.9. The third-order valence-corrected chi connectivity index (χ3v) is 7.57. The summed E-state index contributed by atoms with van der Waals surface area (Å²) in [5, 5.41) is 14.5. The molecule has 5 aromatic rings. The van der Waals surface area contributed by atoms with E-state index in [0.717, 1.165) is 63.3 Å². The number of hydrogen-bond acceptors (Lipinski definition) is 5. The number of pyridine rings is 2. The maximum absolute atomic E-state index is 11.5. The van der Waals surface area contributed by atoms with E-state index in [1.54, 1.807) is 12.1 Å². The van der Waals surface area contributed by atoms with E-state index in [1.807, 2.05) is 50.5 Å². The number of carboxylic acids is 1. The van der Waals surface area contributed by atoms with Crippen LogP contribution in [-0.4, -0.2) is 30.8 Å². The third kappa shape index (κ3) is 4.10. The van der Waals surface area contributed by atoms with E-state index in [4.69, 9.17) is 14.5 Å². The zero-order valence-electron chi connectivity index (χ0n) is 20.9. The van der Waals surface area contributed by atoms with E-state index < -0.39 is 5.97 Å². The molecule has 0 aliphatic heterocycles. The Bertz CT molecular complexity index is 1560. The molecule has 186 valence electrons. The maximum atomic E-state index is 11.5. The number of carboxylic acid groups (broad SMARTS) is 1. The van der Waals surface area contributed by atoms with Crippen molar-refractivity contribution in [3.8, 4) is 22.3 Å². The molecule has 1 unspecified atom stereocenters. The molecule has 1 atom stereocenters. The highest BCUT2D eigenvalue weighted by molar-refractivity contribution is 5.97. The second kappa shape index (κ2) is 9.32. The van der Waals surface area contributed by atoms with Crippen LogP contribution in [0.15, 0.2) is 71.6 Å². The Balaban J connectivity index is 1.59. The van der Waals surface area contributed by atoms with Crippen molar-refractivity contribution in [1.82, 2.24) is 19.7 Å². The van der Waals surface area contributed by atoms with Crippen LogP contribution in [0.5, 0.6) is 0 Å². The first-order chi connectivity index (χ1) is 18.0. The number of aryl methyl sites for hydroxylation is 2. The Labute approximate surface area is 214 Å². The van der Waals surface area contributed by atoms with E-state index in [2.05, 4.69) is 28.1 Å². The van der Waals surface area contributed by atoms with Gasteiger partial charge < -0.3 is 14.2 Å². The minimum absolute atomic E-state index is 0.0654. The summed E-state index contributed by atoms with van der Waals surface area (Å²) in [6, 6.07) is 15.4. The number of aromatic carboxylic acids is 1. The smallest absolute Gasteiger partial charge is 0.335 e. The molecule has 4 heterocycles. The van der Waals surface area contributed by atoms with E-state index in [-0.39, 0.29) is 11.6 Å². The van der Waals surface area contributed by atoms with Crippen molar-refractivity contribution in [2.75, 3.05) is 0 Å². The number of hydrogen-bond donors (Lipinski definition) is 1. The van der Waals surface area contributed by atoms with Crippen LogP contribution in [0.3, 0.4) is 0 Å². The van der Waals surface area contributed by atoms with Crippen molar-refractivity contribution in [3.05, 3.63) is 89.8 Å². The lowest BCUT2D eigenvalue weighted by Gasteiger charge is -2.25. The Hall–Kier alpha value is -4.26. The highest BCUT2D eigenvalue weighted by atomic mass is 16.5. The van der Waals surface area contributed by atoms with Crippen LogP contribution in [0, 0.1) is 19.8 Å². The molecule has 7 nitrogen and oxygen atoms in total. The number of nitrogens with zero attached hydrogens (tertiary/aromatic N) is 4. The first-order valence-electron chi connectivity index (χ1n) is 12.7. The van der Waals surface area contributed by atoms with E-state index in [9.17, 15) is 9.90 Å². The fraction of sp³-hybridized carbons (Fsp3) is 0.267. The van der Waals surface area contributed by atoms with Gasteiger partial charge in [-0.3, -0.25) is 4.98 Å². The third-order valence-electron chi connectivity index (χ3n) is 7.57. The minimum atomic E-state index is -0.937. The second-order valence-corrected chi connectivity index (χ2v) is 9.87. The van der Waals surface area contributed by atoms with Crippen LogP contribution in [-0.2, 0) is 0 Å². The van der Waals surface area contributed by atoms with Gasteiger partial charge in [0.2, 0.25) is 0 Å². The van der Waals surface area contributed by atoms with Gasteiger partial charge in [0.25, 0.3) is 0 Å². The Morgan fingerprint density at radius 2 is 1.84 bits per heavy atom. The molecule has 0 amide bonds. The van der Waals surface area contributed by atoms with Gasteiger partial charge in [0.1, 0.15) is 11.4 Å². The van der Waals surface area contributed by atoms with Crippen LogP contribution < -0.4 is 0 Å². The highest BCUT2D eigenvalue weighted by Crippen LogP contribution is 2.42. The molecular weight excluding hydrogens is 464 g/mol. The highest BCUT2D eigenvalue weighted by Gasteiger charge is 2.31. The van der Waals surface area contributed by atoms with Crippen molar-refractivity contribution in [1.29, 1.82) is 0 Å². The quantitative estimate of drug-likeness (QED) is 0.279. The van der Waals surface area contributed by atoms with Gasteiger partial charge >= 0.3 is 5.97 Å². The summed E-state index contributed by atoms with van der Waals surface area (Å²) >= 11 is 0. The SMILES string of the molecule is Cc1noc(C)c1-c1cnc2c(c1)c(-c1ccc(C(=O)O)cc1)cn2C(c1ccccn1)C1CCCC1. The monoisotopic (exact) mass is 492 g/mol. The van der Waals surface area contributed by atoms with Gasteiger partial charge in [0.15, 0.2) is 0 Å². The summed E-state index contributed by atoms with van der Waals surface area (Å²) in [6.45, 7) is 3.84. The average molecular weight is 493 g/mol. The number of aromatic nitrogens is 4. The molecule has 7 heteroatoms. The Morgan fingerprint density at radius 3 is 2.49 bits per heavy atom. The lowest BCUT2D eigenvalue weighted by molar-refractivity contribution is 0.0697. The first kappa shape index (κ1) is 23.2. The molecule has 0 saturated heterocycles. The summed E-state index contributed by atoms with van der Waals surface area (Å²) in [4.78, 5) is 21.2. The van der Waals surface area contributed by atoms with Gasteiger partial charge in [0, 0.05) is 40.7 Å². The van der Waals surface area contributed by atoms with Crippen molar-refractivity contribution in [2.24, 2.45) is 5.92 Å². The van der Waals surface area contributed by atoms with Crippen LogP contribution in [0.25, 0.3) is 33.3 Å². The van der Waals surface area contributed by atoms with E-state index in [1.165, 1.54) is 12.8 Å². The summed E-state index contributed by atoms with van der Waals surface area (Å²) in [7, 11) is 0. The number of fused-ring (bicyclic) bond motifs is 1. The number of carbonyl (C=O) groups is 1. The van der Waals surface area contributed by atoms with Gasteiger partial charge in [-0.2, -0.15) is 0 Å². The maximum Gasteiger partial charge on any atom is 0.335 e. The summed E-state index contributed by atoms with van der Waals surface area (Å²) < 4.78 is 7.72. The molecular formula is C30H28N4O3. The van der Waals surface area contributed by atoms with Gasteiger partial charge in [-0.1, -0.05) is 36.2 Å². The molecule has 1 aromatic carbocycles.